The van der Waals surface area contributed by atoms with Gasteiger partial charge in [0, 0.05) is 12.6 Å². The molecule has 2 unspecified atom stereocenters. The first-order valence-electron chi connectivity index (χ1n) is 5.45. The minimum Gasteiger partial charge on any atom is -0.480 e. The van der Waals surface area contributed by atoms with Crippen molar-refractivity contribution in [3.8, 4) is 5.88 Å². The van der Waals surface area contributed by atoms with E-state index in [4.69, 9.17) is 4.74 Å². The average molecular weight is 286 g/mol. The summed E-state index contributed by atoms with van der Waals surface area (Å²) in [6, 6.07) is 0.501. The largest absolute Gasteiger partial charge is 0.480 e. The predicted octanol–water partition coefficient (Wildman–Crippen LogP) is 2.48. The number of methoxy groups -OCH3 is 1. The van der Waals surface area contributed by atoms with Gasteiger partial charge in [-0.1, -0.05) is 6.92 Å². The van der Waals surface area contributed by atoms with E-state index < -0.39 is 0 Å². The van der Waals surface area contributed by atoms with E-state index in [-0.39, 0.29) is 0 Å². The second kappa shape index (κ2) is 4.57. The lowest BCUT2D eigenvalue weighted by atomic mass is 10.1. The molecule has 0 aliphatic carbocycles. The zero-order valence-electron chi connectivity index (χ0n) is 9.77. The van der Waals surface area contributed by atoms with Crippen LogP contribution >= 0.6 is 15.9 Å². The van der Waals surface area contributed by atoms with Crippen LogP contribution in [0.5, 0.6) is 5.88 Å². The second-order valence-electron chi connectivity index (χ2n) is 4.37. The summed E-state index contributed by atoms with van der Waals surface area (Å²) in [5.41, 5.74) is 0. The highest BCUT2D eigenvalue weighted by molar-refractivity contribution is 9.10. The first-order valence-corrected chi connectivity index (χ1v) is 6.24. The van der Waals surface area contributed by atoms with Crippen molar-refractivity contribution in [3.05, 3.63) is 10.7 Å². The van der Waals surface area contributed by atoms with E-state index in [1.165, 1.54) is 6.42 Å². The second-order valence-corrected chi connectivity index (χ2v) is 5.22. The molecule has 5 heteroatoms. The van der Waals surface area contributed by atoms with Crippen molar-refractivity contribution in [2.24, 2.45) is 5.92 Å². The number of ether oxygens (including phenoxy) is 1. The zero-order valence-corrected chi connectivity index (χ0v) is 11.4. The summed E-state index contributed by atoms with van der Waals surface area (Å²) in [5.74, 6) is 2.06. The fraction of sp³-hybridized carbons (Fsp3) is 0.636. The molecule has 1 aliphatic rings. The maximum atomic E-state index is 5.18. The van der Waals surface area contributed by atoms with Crippen molar-refractivity contribution >= 4 is 21.9 Å². The SMILES string of the molecule is COc1nc(N2CC(C)CC2C)ncc1Br. The van der Waals surface area contributed by atoms with Crippen molar-refractivity contribution < 1.29 is 4.74 Å². The van der Waals surface area contributed by atoms with Gasteiger partial charge in [0.15, 0.2) is 0 Å². The topological polar surface area (TPSA) is 38.2 Å². The molecule has 0 radical (unpaired) electrons. The van der Waals surface area contributed by atoms with Crippen molar-refractivity contribution in [3.63, 3.8) is 0 Å². The fourth-order valence-corrected chi connectivity index (χ4v) is 2.56. The van der Waals surface area contributed by atoms with Gasteiger partial charge in [0.1, 0.15) is 0 Å². The number of hydrogen-bond acceptors (Lipinski definition) is 4. The molecule has 0 amide bonds. The smallest absolute Gasteiger partial charge is 0.232 e. The Bertz CT molecular complexity index is 385. The summed E-state index contributed by atoms with van der Waals surface area (Å²) in [5, 5.41) is 0. The Balaban J connectivity index is 2.27. The van der Waals surface area contributed by atoms with Crippen LogP contribution in [0.15, 0.2) is 10.7 Å². The molecule has 4 nitrogen and oxygen atoms in total. The van der Waals surface area contributed by atoms with Gasteiger partial charge in [-0.05, 0) is 35.2 Å². The first-order chi connectivity index (χ1) is 7.61. The van der Waals surface area contributed by atoms with E-state index in [2.05, 4.69) is 44.6 Å². The Morgan fingerprint density at radius 3 is 2.81 bits per heavy atom. The Morgan fingerprint density at radius 1 is 1.50 bits per heavy atom. The Hall–Kier alpha value is -0.840. The van der Waals surface area contributed by atoms with Gasteiger partial charge in [-0.15, -0.1) is 0 Å². The summed E-state index contributed by atoms with van der Waals surface area (Å²) in [7, 11) is 1.62. The number of aromatic nitrogens is 2. The summed E-state index contributed by atoms with van der Waals surface area (Å²) in [6.45, 7) is 5.49. The molecule has 0 bridgehead atoms. The van der Waals surface area contributed by atoms with E-state index in [1.54, 1.807) is 13.3 Å². The van der Waals surface area contributed by atoms with Crippen LogP contribution in [0.1, 0.15) is 20.3 Å². The molecule has 1 aromatic rings. The monoisotopic (exact) mass is 285 g/mol. The Kier molecular flexibility index (Phi) is 3.33. The van der Waals surface area contributed by atoms with E-state index >= 15 is 0 Å². The van der Waals surface area contributed by atoms with Gasteiger partial charge < -0.3 is 9.64 Å². The number of nitrogens with zero attached hydrogens (tertiary/aromatic N) is 3. The van der Waals surface area contributed by atoms with E-state index in [1.807, 2.05) is 0 Å². The maximum absolute atomic E-state index is 5.18. The van der Waals surface area contributed by atoms with Gasteiger partial charge in [-0.2, -0.15) is 4.98 Å². The minimum atomic E-state index is 0.501. The molecule has 2 atom stereocenters. The van der Waals surface area contributed by atoms with Crippen molar-refractivity contribution in [2.45, 2.75) is 26.3 Å². The third-order valence-corrected chi connectivity index (χ3v) is 3.48. The highest BCUT2D eigenvalue weighted by Crippen LogP contribution is 2.29. The van der Waals surface area contributed by atoms with Gasteiger partial charge in [0.25, 0.3) is 0 Å². The normalized spacial score (nSPS) is 24.9. The number of anilines is 1. The van der Waals surface area contributed by atoms with E-state index in [0.717, 1.165) is 17.0 Å². The summed E-state index contributed by atoms with van der Waals surface area (Å²) >= 11 is 3.36. The van der Waals surface area contributed by atoms with Crippen molar-refractivity contribution in [1.29, 1.82) is 0 Å². The van der Waals surface area contributed by atoms with E-state index in [9.17, 15) is 0 Å². The van der Waals surface area contributed by atoms with Crippen LogP contribution in [0.3, 0.4) is 0 Å². The van der Waals surface area contributed by atoms with Crippen LogP contribution in [0, 0.1) is 5.92 Å². The zero-order chi connectivity index (χ0) is 11.7. The van der Waals surface area contributed by atoms with Gasteiger partial charge in [0.05, 0.1) is 17.8 Å². The van der Waals surface area contributed by atoms with Crippen molar-refractivity contribution in [2.75, 3.05) is 18.6 Å². The van der Waals surface area contributed by atoms with Crippen molar-refractivity contribution in [1.82, 2.24) is 9.97 Å². The lowest BCUT2D eigenvalue weighted by Gasteiger charge is -2.21. The Morgan fingerprint density at radius 2 is 2.25 bits per heavy atom. The molecule has 16 heavy (non-hydrogen) atoms. The molecule has 1 aliphatic heterocycles. The fourth-order valence-electron chi connectivity index (χ4n) is 2.20. The Labute approximate surface area is 104 Å². The van der Waals surface area contributed by atoms with Crippen LogP contribution in [0.2, 0.25) is 0 Å². The summed E-state index contributed by atoms with van der Waals surface area (Å²) in [4.78, 5) is 11.0. The van der Waals surface area contributed by atoms with Crippen LogP contribution in [-0.2, 0) is 0 Å². The predicted molar refractivity (Wildman–Crippen MR) is 66.9 cm³/mol. The van der Waals surface area contributed by atoms with E-state index in [0.29, 0.717) is 17.8 Å². The molecular weight excluding hydrogens is 270 g/mol. The molecule has 2 rings (SSSR count). The molecule has 0 N–H and O–H groups in total. The summed E-state index contributed by atoms with van der Waals surface area (Å²) < 4.78 is 5.97. The molecule has 0 spiro atoms. The standard InChI is InChI=1S/C11H16BrN3O/c1-7-4-8(2)15(6-7)11-13-5-9(12)10(14-11)16-3/h5,7-8H,4,6H2,1-3H3. The van der Waals surface area contributed by atoms with Crippen LogP contribution < -0.4 is 9.64 Å². The number of hydrogen-bond donors (Lipinski definition) is 0. The third kappa shape index (κ3) is 2.14. The lowest BCUT2D eigenvalue weighted by molar-refractivity contribution is 0.393. The van der Waals surface area contributed by atoms with Gasteiger partial charge in [-0.3, -0.25) is 0 Å². The molecule has 1 fully saturated rings. The van der Waals surface area contributed by atoms with Gasteiger partial charge >= 0.3 is 0 Å². The average Bonchev–Trinajstić information content (AvgIpc) is 2.59. The molecule has 88 valence electrons. The quantitative estimate of drug-likeness (QED) is 0.837. The minimum absolute atomic E-state index is 0.501. The van der Waals surface area contributed by atoms with Gasteiger partial charge in [-0.25, -0.2) is 4.98 Å². The molecule has 2 heterocycles. The lowest BCUT2D eigenvalue weighted by Crippen LogP contribution is -2.28. The van der Waals surface area contributed by atoms with Crippen LogP contribution in [0.25, 0.3) is 0 Å². The highest BCUT2D eigenvalue weighted by atomic mass is 79.9. The highest BCUT2D eigenvalue weighted by Gasteiger charge is 2.28. The molecular formula is C11H16BrN3O. The van der Waals surface area contributed by atoms with Crippen LogP contribution in [-0.4, -0.2) is 29.7 Å². The number of rotatable bonds is 2. The molecule has 1 aromatic heterocycles. The third-order valence-electron chi connectivity index (χ3n) is 2.93. The molecule has 1 saturated heterocycles. The molecule has 0 aromatic carbocycles. The van der Waals surface area contributed by atoms with Gasteiger partial charge in [0.2, 0.25) is 11.8 Å². The summed E-state index contributed by atoms with van der Waals surface area (Å²) in [6.07, 6.45) is 2.94. The number of halogens is 1. The first kappa shape index (κ1) is 11.6. The molecule has 0 saturated carbocycles. The van der Waals surface area contributed by atoms with Crippen LogP contribution in [0.4, 0.5) is 5.95 Å². The maximum Gasteiger partial charge on any atom is 0.232 e.